The van der Waals surface area contributed by atoms with Crippen LogP contribution in [0.4, 0.5) is 0 Å². The normalized spacial score (nSPS) is 48.3. The van der Waals surface area contributed by atoms with E-state index in [0.717, 1.165) is 5.92 Å². The van der Waals surface area contributed by atoms with Gasteiger partial charge in [0, 0.05) is 0 Å². The summed E-state index contributed by atoms with van der Waals surface area (Å²) < 4.78 is 0. The molecule has 0 aliphatic heterocycles. The van der Waals surface area contributed by atoms with Gasteiger partial charge in [0.25, 0.3) is 0 Å². The van der Waals surface area contributed by atoms with Gasteiger partial charge in [0.05, 0.1) is 6.10 Å². The van der Waals surface area contributed by atoms with Gasteiger partial charge >= 0.3 is 0 Å². The van der Waals surface area contributed by atoms with Crippen LogP contribution in [0.15, 0.2) is 11.6 Å². The van der Waals surface area contributed by atoms with Crippen molar-refractivity contribution >= 4 is 0 Å². The minimum atomic E-state index is 0.00926. The fourth-order valence-corrected chi connectivity index (χ4v) is 4.36. The van der Waals surface area contributed by atoms with Crippen molar-refractivity contribution in [3.05, 3.63) is 11.6 Å². The highest BCUT2D eigenvalue weighted by Crippen LogP contribution is 2.54. The molecule has 3 aliphatic rings. The van der Waals surface area contributed by atoms with E-state index in [-0.39, 0.29) is 6.10 Å². The topological polar surface area (TPSA) is 20.2 Å². The quantitative estimate of drug-likeness (QED) is 0.654. The van der Waals surface area contributed by atoms with Crippen LogP contribution in [-0.4, -0.2) is 11.2 Å². The molecule has 1 N–H and O–H groups in total. The molecule has 2 fully saturated rings. The van der Waals surface area contributed by atoms with Gasteiger partial charge in [0.2, 0.25) is 0 Å². The van der Waals surface area contributed by atoms with Gasteiger partial charge in [-0.3, -0.25) is 0 Å². The zero-order valence-corrected chi connectivity index (χ0v) is 9.82. The smallest absolute Gasteiger partial charge is 0.0607 e. The summed E-state index contributed by atoms with van der Waals surface area (Å²) in [4.78, 5) is 0. The Morgan fingerprint density at radius 2 is 2.00 bits per heavy atom. The van der Waals surface area contributed by atoms with Gasteiger partial charge in [0.15, 0.2) is 0 Å². The van der Waals surface area contributed by atoms with Gasteiger partial charge in [-0.25, -0.2) is 0 Å². The average molecular weight is 206 g/mol. The molecule has 0 spiro atoms. The maximum absolute atomic E-state index is 10.3. The molecule has 0 aromatic rings. The molecule has 1 nitrogen and oxygen atoms in total. The predicted molar refractivity (Wildman–Crippen MR) is 61.4 cm³/mol. The third-order valence-corrected chi connectivity index (χ3v) is 5.05. The first-order chi connectivity index (χ1) is 7.18. The van der Waals surface area contributed by atoms with E-state index in [1.54, 1.807) is 5.57 Å². The summed E-state index contributed by atoms with van der Waals surface area (Å²) in [5.74, 6) is 3.31. The Bertz CT molecular complexity index is 292. The second-order valence-electron chi connectivity index (χ2n) is 6.08. The predicted octanol–water partition coefficient (Wildman–Crippen LogP) is 3.00. The van der Waals surface area contributed by atoms with Crippen LogP contribution in [0, 0.1) is 29.6 Å². The third kappa shape index (κ3) is 1.32. The lowest BCUT2D eigenvalue weighted by molar-refractivity contribution is -0.0477. The Morgan fingerprint density at radius 3 is 2.73 bits per heavy atom. The number of hydrogen-bond acceptors (Lipinski definition) is 1. The number of aliphatic hydroxyl groups is 1. The second-order valence-corrected chi connectivity index (χ2v) is 6.08. The van der Waals surface area contributed by atoms with E-state index in [2.05, 4.69) is 19.9 Å². The van der Waals surface area contributed by atoms with Gasteiger partial charge < -0.3 is 5.11 Å². The summed E-state index contributed by atoms with van der Waals surface area (Å²) in [5.41, 5.74) is 1.66. The zero-order valence-electron chi connectivity index (χ0n) is 9.82. The van der Waals surface area contributed by atoms with Crippen molar-refractivity contribution in [3.63, 3.8) is 0 Å². The molecule has 0 amide bonds. The minimum absolute atomic E-state index is 0.00926. The first-order valence-corrected chi connectivity index (χ1v) is 6.58. The minimum Gasteiger partial charge on any atom is -0.393 e. The molecule has 0 aromatic carbocycles. The third-order valence-electron chi connectivity index (χ3n) is 5.05. The van der Waals surface area contributed by atoms with E-state index >= 15 is 0 Å². The average Bonchev–Trinajstić information content (AvgIpc) is 2.57. The number of hydrogen-bond donors (Lipinski definition) is 1. The van der Waals surface area contributed by atoms with E-state index in [1.165, 1.54) is 25.7 Å². The SMILES string of the molecule is CC(C)C1=C[C@@H]2C[C@H]1[C@H]1CCC[C@@H]2[C@H]1O. The van der Waals surface area contributed by atoms with Crippen molar-refractivity contribution in [2.24, 2.45) is 29.6 Å². The van der Waals surface area contributed by atoms with Crippen LogP contribution >= 0.6 is 0 Å². The molecule has 0 aromatic heterocycles. The standard InChI is InChI=1S/C14H22O/c1-8(2)12-6-9-7-13(12)11-5-3-4-10(9)14(11)15/h6,8-11,13-15H,3-5,7H2,1-2H3/t9-,10+,11-,13+,14-/m1/s1. The Labute approximate surface area is 92.6 Å². The zero-order chi connectivity index (χ0) is 10.6. The van der Waals surface area contributed by atoms with E-state index in [9.17, 15) is 5.11 Å². The summed E-state index contributed by atoms with van der Waals surface area (Å²) in [7, 11) is 0. The van der Waals surface area contributed by atoms with Crippen LogP contribution in [0.5, 0.6) is 0 Å². The van der Waals surface area contributed by atoms with E-state index < -0.39 is 0 Å². The van der Waals surface area contributed by atoms with Crippen LogP contribution in [-0.2, 0) is 0 Å². The van der Waals surface area contributed by atoms with Crippen LogP contribution in [0.25, 0.3) is 0 Å². The van der Waals surface area contributed by atoms with Crippen LogP contribution in [0.1, 0.15) is 39.5 Å². The highest BCUT2D eigenvalue weighted by Gasteiger charge is 2.49. The van der Waals surface area contributed by atoms with Gasteiger partial charge in [-0.1, -0.05) is 31.9 Å². The van der Waals surface area contributed by atoms with Crippen molar-refractivity contribution in [1.82, 2.24) is 0 Å². The van der Waals surface area contributed by atoms with E-state index in [0.29, 0.717) is 23.7 Å². The molecular formula is C14H22O. The lowest BCUT2D eigenvalue weighted by Gasteiger charge is -2.45. The molecule has 5 atom stereocenters. The van der Waals surface area contributed by atoms with Crippen molar-refractivity contribution in [1.29, 1.82) is 0 Å². The Morgan fingerprint density at radius 1 is 1.27 bits per heavy atom. The van der Waals surface area contributed by atoms with Gasteiger partial charge in [-0.05, 0) is 48.9 Å². The summed E-state index contributed by atoms with van der Waals surface area (Å²) in [6.07, 6.45) is 7.75. The molecule has 3 aliphatic carbocycles. The highest BCUT2D eigenvalue weighted by atomic mass is 16.3. The molecule has 3 rings (SSSR count). The van der Waals surface area contributed by atoms with Crippen molar-refractivity contribution in [2.45, 2.75) is 45.6 Å². The summed E-state index contributed by atoms with van der Waals surface area (Å²) >= 11 is 0. The van der Waals surface area contributed by atoms with Gasteiger partial charge in [0.1, 0.15) is 0 Å². The maximum atomic E-state index is 10.3. The number of fused-ring (bicyclic) bond motifs is 6. The maximum Gasteiger partial charge on any atom is 0.0607 e. The lowest BCUT2D eigenvalue weighted by Crippen LogP contribution is -2.44. The molecule has 0 saturated heterocycles. The molecule has 1 heteroatoms. The first-order valence-electron chi connectivity index (χ1n) is 6.58. The molecule has 0 radical (unpaired) electrons. The molecule has 0 unspecified atom stereocenters. The van der Waals surface area contributed by atoms with Crippen molar-refractivity contribution in [2.75, 3.05) is 0 Å². The number of aliphatic hydroxyl groups excluding tert-OH is 1. The van der Waals surface area contributed by atoms with Gasteiger partial charge in [-0.2, -0.15) is 0 Å². The molecule has 2 saturated carbocycles. The summed E-state index contributed by atoms with van der Waals surface area (Å²) in [6, 6.07) is 0. The molecule has 15 heavy (non-hydrogen) atoms. The number of allylic oxidation sites excluding steroid dienone is 2. The Hall–Kier alpha value is -0.300. The molecule has 84 valence electrons. The van der Waals surface area contributed by atoms with Crippen LogP contribution in [0.3, 0.4) is 0 Å². The highest BCUT2D eigenvalue weighted by molar-refractivity contribution is 5.24. The van der Waals surface area contributed by atoms with Gasteiger partial charge in [-0.15, -0.1) is 0 Å². The largest absolute Gasteiger partial charge is 0.393 e. The summed E-state index contributed by atoms with van der Waals surface area (Å²) in [6.45, 7) is 4.62. The molecule has 4 bridgehead atoms. The van der Waals surface area contributed by atoms with Crippen LogP contribution < -0.4 is 0 Å². The Balaban J connectivity index is 1.95. The van der Waals surface area contributed by atoms with Crippen molar-refractivity contribution < 1.29 is 5.11 Å². The Kier molecular flexibility index (Phi) is 2.21. The van der Waals surface area contributed by atoms with Crippen molar-refractivity contribution in [3.8, 4) is 0 Å². The van der Waals surface area contributed by atoms with E-state index in [1.807, 2.05) is 0 Å². The second kappa shape index (κ2) is 3.35. The molecule has 0 heterocycles. The monoisotopic (exact) mass is 206 g/mol. The van der Waals surface area contributed by atoms with Crippen LogP contribution in [0.2, 0.25) is 0 Å². The fourth-order valence-electron chi connectivity index (χ4n) is 4.36. The number of rotatable bonds is 1. The first kappa shape index (κ1) is 9.89. The lowest BCUT2D eigenvalue weighted by atomic mass is 9.62. The summed E-state index contributed by atoms with van der Waals surface area (Å²) in [5, 5.41) is 10.3. The van der Waals surface area contributed by atoms with E-state index in [4.69, 9.17) is 0 Å². The fraction of sp³-hybridized carbons (Fsp3) is 0.857. The molecular weight excluding hydrogens is 184 g/mol.